The maximum atomic E-state index is 13.7. The molecule has 0 radical (unpaired) electrons. The first-order valence-corrected chi connectivity index (χ1v) is 11.2. The molecule has 0 aliphatic carbocycles. The molecule has 3 heterocycles. The van der Waals surface area contributed by atoms with Crippen molar-refractivity contribution in [3.8, 4) is 0 Å². The van der Waals surface area contributed by atoms with E-state index in [0.717, 1.165) is 22.6 Å². The number of hydrogen-bond acceptors (Lipinski definition) is 7. The zero-order valence-corrected chi connectivity index (χ0v) is 18.9. The average Bonchev–Trinajstić information content (AvgIpc) is 3.29. The first kappa shape index (κ1) is 21.0. The lowest BCUT2D eigenvalue weighted by Gasteiger charge is -2.22. The number of carbonyl (C=O) groups excluding carboxylic acids is 1. The Hall–Kier alpha value is -3.85. The minimum Gasteiger partial charge on any atom is -0.450 e. The van der Waals surface area contributed by atoms with Crippen LogP contribution in [0.3, 0.4) is 0 Å². The molecule has 33 heavy (non-hydrogen) atoms. The normalized spacial score (nSPS) is 15.3. The molecule has 1 amide bonds. The first-order chi connectivity index (χ1) is 15.8. The Morgan fingerprint density at radius 1 is 1.15 bits per heavy atom. The number of amides is 1. The number of non-ortho nitro benzene ring substituents is 1. The van der Waals surface area contributed by atoms with Crippen molar-refractivity contribution in [2.75, 3.05) is 4.90 Å². The number of anilines is 1. The second-order valence-electron chi connectivity index (χ2n) is 7.92. The Balaban J connectivity index is 1.79. The summed E-state index contributed by atoms with van der Waals surface area (Å²) in [5, 5.41) is 12.0. The van der Waals surface area contributed by atoms with E-state index in [1.54, 1.807) is 24.3 Å². The highest BCUT2D eigenvalue weighted by Gasteiger charge is 2.45. The second kappa shape index (κ2) is 7.63. The number of rotatable bonds is 4. The molecule has 166 valence electrons. The number of hydrogen-bond donors (Lipinski definition) is 0. The predicted octanol–water partition coefficient (Wildman–Crippen LogP) is 5.09. The van der Waals surface area contributed by atoms with E-state index in [4.69, 9.17) is 4.42 Å². The van der Waals surface area contributed by atoms with Gasteiger partial charge in [0.1, 0.15) is 5.58 Å². The summed E-state index contributed by atoms with van der Waals surface area (Å²) in [7, 11) is 0. The van der Waals surface area contributed by atoms with Gasteiger partial charge in [-0.1, -0.05) is 13.0 Å². The highest BCUT2D eigenvalue weighted by molar-refractivity contribution is 7.15. The van der Waals surface area contributed by atoms with Crippen LogP contribution in [0.5, 0.6) is 0 Å². The van der Waals surface area contributed by atoms with Gasteiger partial charge in [0.25, 0.3) is 11.6 Å². The third-order valence-electron chi connectivity index (χ3n) is 5.99. The highest BCUT2D eigenvalue weighted by Crippen LogP contribution is 2.43. The van der Waals surface area contributed by atoms with Crippen molar-refractivity contribution in [1.82, 2.24) is 4.98 Å². The quantitative estimate of drug-likeness (QED) is 0.310. The van der Waals surface area contributed by atoms with Gasteiger partial charge in [-0.3, -0.25) is 24.6 Å². The van der Waals surface area contributed by atoms with Crippen molar-refractivity contribution < 1.29 is 14.1 Å². The molecular weight excluding hydrogens is 442 g/mol. The smallest absolute Gasteiger partial charge is 0.297 e. The van der Waals surface area contributed by atoms with Crippen molar-refractivity contribution in [3.05, 3.63) is 95.8 Å². The van der Waals surface area contributed by atoms with Gasteiger partial charge in [0.05, 0.1) is 27.6 Å². The number of fused-ring (bicyclic) bond motifs is 2. The molecule has 4 aromatic rings. The van der Waals surface area contributed by atoms with Gasteiger partial charge in [0.2, 0.25) is 5.76 Å². The van der Waals surface area contributed by atoms with Crippen LogP contribution in [0, 0.1) is 24.0 Å². The number of benzene rings is 2. The molecular formula is C24H19N3O5S. The van der Waals surface area contributed by atoms with Crippen LogP contribution in [0.25, 0.3) is 11.0 Å². The number of aryl methyl sites for hydroxylation is 3. The number of thiazole rings is 1. The Labute approximate surface area is 192 Å². The van der Waals surface area contributed by atoms with Gasteiger partial charge in [-0.25, -0.2) is 4.98 Å². The zero-order valence-electron chi connectivity index (χ0n) is 18.1. The van der Waals surface area contributed by atoms with Crippen LogP contribution in [0.15, 0.2) is 51.7 Å². The summed E-state index contributed by atoms with van der Waals surface area (Å²) in [5.41, 5.74) is 2.55. The maximum absolute atomic E-state index is 13.7. The van der Waals surface area contributed by atoms with Crippen LogP contribution >= 0.6 is 11.3 Å². The zero-order chi connectivity index (χ0) is 23.4. The van der Waals surface area contributed by atoms with Crippen molar-refractivity contribution >= 4 is 39.0 Å². The predicted molar refractivity (Wildman–Crippen MR) is 125 cm³/mol. The molecule has 1 aliphatic heterocycles. The lowest BCUT2D eigenvalue weighted by Crippen LogP contribution is -2.29. The molecule has 1 unspecified atom stereocenters. The Morgan fingerprint density at radius 3 is 2.48 bits per heavy atom. The highest BCUT2D eigenvalue weighted by atomic mass is 32.1. The van der Waals surface area contributed by atoms with Crippen LogP contribution in [-0.2, 0) is 6.42 Å². The third-order valence-corrected chi connectivity index (χ3v) is 7.06. The van der Waals surface area contributed by atoms with Gasteiger partial charge in [-0.05, 0) is 55.7 Å². The molecule has 0 spiro atoms. The van der Waals surface area contributed by atoms with E-state index < -0.39 is 16.9 Å². The number of nitro benzene ring substituents is 1. The monoisotopic (exact) mass is 461 g/mol. The summed E-state index contributed by atoms with van der Waals surface area (Å²) >= 11 is 1.35. The molecule has 5 rings (SSSR count). The van der Waals surface area contributed by atoms with Crippen LogP contribution < -0.4 is 10.3 Å². The number of nitro groups is 1. The van der Waals surface area contributed by atoms with E-state index in [2.05, 4.69) is 4.98 Å². The van der Waals surface area contributed by atoms with Gasteiger partial charge < -0.3 is 4.42 Å². The summed E-state index contributed by atoms with van der Waals surface area (Å²) in [6.45, 7) is 5.76. The van der Waals surface area contributed by atoms with Crippen molar-refractivity contribution in [2.45, 2.75) is 33.2 Å². The molecule has 9 heteroatoms. The molecule has 2 aromatic heterocycles. The standard InChI is InChI=1S/C24H19N3O5S/c1-4-14-5-10-18-17(11-14)21(28)19-20(15-6-8-16(9-7-15)27(30)31)26(23(29)22(19)32-18)24-25-12(2)13(3)33-24/h5-11,20H,4H2,1-3H3. The first-order valence-electron chi connectivity index (χ1n) is 10.4. The molecule has 0 bridgehead atoms. The maximum Gasteiger partial charge on any atom is 0.297 e. The van der Waals surface area contributed by atoms with Crippen molar-refractivity contribution in [1.29, 1.82) is 0 Å². The fourth-order valence-corrected chi connectivity index (χ4v) is 5.03. The van der Waals surface area contributed by atoms with Crippen molar-refractivity contribution in [3.63, 3.8) is 0 Å². The fourth-order valence-electron chi connectivity index (χ4n) is 4.09. The minimum atomic E-state index is -0.802. The summed E-state index contributed by atoms with van der Waals surface area (Å²) in [6.07, 6.45) is 0.751. The van der Waals surface area contributed by atoms with Crippen LogP contribution in [0.4, 0.5) is 10.8 Å². The number of aromatic nitrogens is 1. The molecule has 8 nitrogen and oxygen atoms in total. The van der Waals surface area contributed by atoms with Gasteiger partial charge in [0, 0.05) is 17.0 Å². The van der Waals surface area contributed by atoms with E-state index in [1.807, 2.05) is 26.8 Å². The van der Waals surface area contributed by atoms with Crippen LogP contribution in [0.1, 0.15) is 50.8 Å². The lowest BCUT2D eigenvalue weighted by molar-refractivity contribution is -0.384. The van der Waals surface area contributed by atoms with Crippen LogP contribution in [0.2, 0.25) is 0 Å². The number of carbonyl (C=O) groups is 1. The lowest BCUT2D eigenvalue weighted by atomic mass is 9.98. The largest absolute Gasteiger partial charge is 0.450 e. The van der Waals surface area contributed by atoms with E-state index in [0.29, 0.717) is 21.7 Å². The summed E-state index contributed by atoms with van der Waals surface area (Å²) in [5.74, 6) is -0.480. The summed E-state index contributed by atoms with van der Waals surface area (Å²) < 4.78 is 5.98. The van der Waals surface area contributed by atoms with E-state index in [1.165, 1.54) is 28.4 Å². The summed E-state index contributed by atoms with van der Waals surface area (Å²) in [6, 6.07) is 10.4. The van der Waals surface area contributed by atoms with Gasteiger partial charge >= 0.3 is 0 Å². The average molecular weight is 461 g/mol. The topological polar surface area (TPSA) is 107 Å². The van der Waals surface area contributed by atoms with E-state index in [-0.39, 0.29) is 22.4 Å². The third kappa shape index (κ3) is 3.23. The molecule has 2 aromatic carbocycles. The minimum absolute atomic E-state index is 0.0226. The van der Waals surface area contributed by atoms with E-state index >= 15 is 0 Å². The van der Waals surface area contributed by atoms with Gasteiger partial charge in [-0.15, -0.1) is 11.3 Å². The molecule has 0 saturated heterocycles. The van der Waals surface area contributed by atoms with Gasteiger partial charge in [0.15, 0.2) is 10.6 Å². The Morgan fingerprint density at radius 2 is 1.88 bits per heavy atom. The van der Waals surface area contributed by atoms with Crippen molar-refractivity contribution in [2.24, 2.45) is 0 Å². The molecule has 0 saturated carbocycles. The molecule has 0 N–H and O–H groups in total. The Kier molecular flexibility index (Phi) is 4.86. The molecule has 1 aliphatic rings. The Bertz CT molecular complexity index is 1480. The molecule has 1 atom stereocenters. The fraction of sp³-hybridized carbons (Fsp3) is 0.208. The van der Waals surface area contributed by atoms with E-state index in [9.17, 15) is 19.7 Å². The SMILES string of the molecule is CCc1ccc2oc3c(c(=O)c2c1)C(c1ccc([N+](=O)[O-])cc1)N(c1nc(C)c(C)s1)C3=O. The van der Waals surface area contributed by atoms with Gasteiger partial charge in [-0.2, -0.15) is 0 Å². The molecule has 0 fully saturated rings. The van der Waals surface area contributed by atoms with Crippen LogP contribution in [-0.4, -0.2) is 15.8 Å². The number of nitrogens with zero attached hydrogens (tertiary/aromatic N) is 3. The second-order valence-corrected chi connectivity index (χ2v) is 9.10. The summed E-state index contributed by atoms with van der Waals surface area (Å²) in [4.78, 5) is 44.8.